The number of nitrogens with zero attached hydrogens (tertiary/aromatic N) is 1. The molecule has 0 aromatic carbocycles. The van der Waals surface area contributed by atoms with Crippen molar-refractivity contribution in [3.8, 4) is 0 Å². The van der Waals surface area contributed by atoms with Crippen LogP contribution in [0.4, 0.5) is 4.79 Å². The zero-order valence-electron chi connectivity index (χ0n) is 10.6. The quantitative estimate of drug-likeness (QED) is 0.302. The van der Waals surface area contributed by atoms with Gasteiger partial charge in [0.15, 0.2) is 6.23 Å². The van der Waals surface area contributed by atoms with Gasteiger partial charge in [0.2, 0.25) is 0 Å². The minimum absolute atomic E-state index is 0.641. The first-order chi connectivity index (χ1) is 9.69. The summed E-state index contributed by atoms with van der Waals surface area (Å²) >= 11 is 0. The second-order valence-electron chi connectivity index (χ2n) is 4.56. The highest BCUT2D eigenvalue weighted by molar-refractivity contribution is 7.46. The van der Waals surface area contributed by atoms with Gasteiger partial charge in [-0.15, -0.1) is 0 Å². The fraction of sp³-hybridized carbons (Fsp3) is 0.667. The van der Waals surface area contributed by atoms with Gasteiger partial charge in [-0.25, -0.2) is 9.36 Å². The van der Waals surface area contributed by atoms with E-state index >= 15 is 0 Å². The molecule has 5 atom stereocenters. The molecule has 0 radical (unpaired) electrons. The highest BCUT2D eigenvalue weighted by Gasteiger charge is 2.47. The molecule has 2 amide bonds. The third-order valence-electron chi connectivity index (χ3n) is 3.00. The lowest BCUT2D eigenvalue weighted by Crippen LogP contribution is -2.55. The van der Waals surface area contributed by atoms with Crippen LogP contribution in [0.5, 0.6) is 0 Å². The van der Waals surface area contributed by atoms with Crippen molar-refractivity contribution in [3.63, 3.8) is 0 Å². The summed E-state index contributed by atoms with van der Waals surface area (Å²) in [5.41, 5.74) is 5.47. The molecule has 0 aromatic heterocycles. The zero-order valence-corrected chi connectivity index (χ0v) is 11.5. The van der Waals surface area contributed by atoms with E-state index in [1.807, 2.05) is 0 Å². The van der Waals surface area contributed by atoms with Crippen LogP contribution >= 0.6 is 7.82 Å². The number of phosphoric ester groups is 1. The Hall–Kier alpha value is -1.04. The number of urea groups is 1. The Morgan fingerprint density at radius 3 is 2.67 bits per heavy atom. The highest BCUT2D eigenvalue weighted by Crippen LogP contribution is 2.37. The molecule has 0 unspecified atom stereocenters. The van der Waals surface area contributed by atoms with E-state index in [1.54, 1.807) is 0 Å². The van der Waals surface area contributed by atoms with Crippen molar-refractivity contribution in [2.75, 3.05) is 6.61 Å². The largest absolute Gasteiger partial charge is 0.469 e. The van der Waals surface area contributed by atoms with E-state index in [2.05, 4.69) is 9.84 Å². The van der Waals surface area contributed by atoms with Crippen LogP contribution in [0.25, 0.3) is 0 Å². The smallest absolute Gasteiger partial charge is 0.387 e. The van der Waals surface area contributed by atoms with E-state index in [4.69, 9.17) is 20.3 Å². The van der Waals surface area contributed by atoms with Gasteiger partial charge < -0.3 is 35.8 Å². The number of aliphatic hydroxyl groups is 2. The van der Waals surface area contributed by atoms with Crippen molar-refractivity contribution >= 4 is 13.9 Å². The molecule has 0 aromatic rings. The van der Waals surface area contributed by atoms with Gasteiger partial charge in [-0.1, -0.05) is 0 Å². The number of phosphoric acid groups is 1. The number of nitrogens with one attached hydrogen (secondary N) is 1. The standard InChI is InChI=1S/C9H16N3O8P/c10-5-1-2-12(9(15)11-5)8-7(14)6(13)4(20-8)3-19-21(16,17)18/h1-2,4-8,13-14H,3,10H2,(H,11,15)(H2,16,17,18)/t4-,5-,6-,7-,8-/m1/s1. The number of amides is 2. The van der Waals surface area contributed by atoms with Crippen molar-refractivity contribution in [2.24, 2.45) is 5.73 Å². The average molecular weight is 325 g/mol. The molecule has 11 nitrogen and oxygen atoms in total. The number of carbonyl (C=O) groups excluding carboxylic acids is 1. The molecule has 1 saturated heterocycles. The fourth-order valence-electron chi connectivity index (χ4n) is 1.99. The van der Waals surface area contributed by atoms with E-state index in [0.29, 0.717) is 0 Å². The molecular weight excluding hydrogens is 309 g/mol. The van der Waals surface area contributed by atoms with Gasteiger partial charge in [0.25, 0.3) is 0 Å². The molecule has 0 bridgehead atoms. The number of aliphatic hydroxyl groups excluding tert-OH is 2. The number of nitrogens with two attached hydrogens (primary N) is 1. The number of rotatable bonds is 4. The first kappa shape index (κ1) is 16.3. The summed E-state index contributed by atoms with van der Waals surface area (Å²) in [5, 5.41) is 22.0. The van der Waals surface area contributed by atoms with Gasteiger partial charge >= 0.3 is 13.9 Å². The number of ether oxygens (including phenoxy) is 1. The topological polar surface area (TPSA) is 175 Å². The fourth-order valence-corrected chi connectivity index (χ4v) is 2.33. The Kier molecular flexibility index (Phi) is 4.66. The van der Waals surface area contributed by atoms with Crippen LogP contribution in [-0.2, 0) is 13.8 Å². The van der Waals surface area contributed by atoms with Gasteiger partial charge in [0.1, 0.15) is 18.3 Å². The second kappa shape index (κ2) is 5.99. The number of hydrogen-bond donors (Lipinski definition) is 6. The van der Waals surface area contributed by atoms with Crippen LogP contribution in [0.1, 0.15) is 0 Å². The maximum atomic E-state index is 11.7. The second-order valence-corrected chi connectivity index (χ2v) is 5.80. The Bertz CT molecular complexity index is 482. The molecule has 2 rings (SSSR count). The minimum atomic E-state index is -4.73. The first-order valence-corrected chi connectivity index (χ1v) is 7.46. The third-order valence-corrected chi connectivity index (χ3v) is 3.48. The monoisotopic (exact) mass is 325 g/mol. The molecule has 2 aliphatic heterocycles. The molecule has 12 heteroatoms. The highest BCUT2D eigenvalue weighted by atomic mass is 31.2. The first-order valence-electron chi connectivity index (χ1n) is 5.93. The summed E-state index contributed by atoms with van der Waals surface area (Å²) in [4.78, 5) is 29.9. The van der Waals surface area contributed by atoms with E-state index < -0.39 is 51.2 Å². The lowest BCUT2D eigenvalue weighted by atomic mass is 10.1. The third kappa shape index (κ3) is 3.78. The summed E-state index contributed by atoms with van der Waals surface area (Å²) in [6.45, 7) is -0.641. The van der Waals surface area contributed by atoms with Crippen molar-refractivity contribution in [3.05, 3.63) is 12.3 Å². The minimum Gasteiger partial charge on any atom is -0.387 e. The van der Waals surface area contributed by atoms with E-state index in [-0.39, 0.29) is 0 Å². The Labute approximate surface area is 119 Å². The maximum Gasteiger partial charge on any atom is 0.469 e. The van der Waals surface area contributed by atoms with Crippen LogP contribution in [0.15, 0.2) is 12.3 Å². The predicted octanol–water partition coefficient (Wildman–Crippen LogP) is -2.63. The molecule has 0 saturated carbocycles. The molecule has 2 aliphatic rings. The van der Waals surface area contributed by atoms with Crippen LogP contribution in [-0.4, -0.2) is 68.2 Å². The van der Waals surface area contributed by atoms with Gasteiger partial charge in [-0.3, -0.25) is 9.42 Å². The summed E-state index contributed by atoms with van der Waals surface area (Å²) in [7, 11) is -4.73. The molecule has 0 aliphatic carbocycles. The molecule has 1 fully saturated rings. The van der Waals surface area contributed by atoms with E-state index in [0.717, 1.165) is 4.90 Å². The predicted molar refractivity (Wildman–Crippen MR) is 66.2 cm³/mol. The van der Waals surface area contributed by atoms with Crippen molar-refractivity contribution in [1.82, 2.24) is 10.2 Å². The van der Waals surface area contributed by atoms with Gasteiger partial charge in [-0.2, -0.15) is 0 Å². The summed E-state index contributed by atoms with van der Waals surface area (Å²) in [6, 6.07) is -0.641. The maximum absolute atomic E-state index is 11.7. The summed E-state index contributed by atoms with van der Waals surface area (Å²) < 4.78 is 20.1. The lowest BCUT2D eigenvalue weighted by molar-refractivity contribution is -0.0654. The van der Waals surface area contributed by atoms with Gasteiger partial charge in [0, 0.05) is 6.20 Å². The van der Waals surface area contributed by atoms with Crippen LogP contribution in [0.3, 0.4) is 0 Å². The average Bonchev–Trinajstić information content (AvgIpc) is 2.64. The molecule has 2 heterocycles. The SMILES string of the molecule is N[C@H]1C=CN([C@@H]2O[C@H](COP(=O)(O)O)[C@@H](O)[C@H]2O)C(=O)N1. The van der Waals surface area contributed by atoms with Crippen molar-refractivity contribution < 1.29 is 38.6 Å². The van der Waals surface area contributed by atoms with Gasteiger partial charge in [0.05, 0.1) is 12.8 Å². The van der Waals surface area contributed by atoms with Crippen molar-refractivity contribution in [1.29, 1.82) is 0 Å². The van der Waals surface area contributed by atoms with Crippen molar-refractivity contribution in [2.45, 2.75) is 30.7 Å². The summed E-state index contributed by atoms with van der Waals surface area (Å²) in [6.07, 6.45) is -3.33. The normalized spacial score (nSPS) is 36.9. The zero-order chi connectivity index (χ0) is 15.8. The molecule has 120 valence electrons. The molecular formula is C9H16N3O8P. The number of hydrogen-bond acceptors (Lipinski definition) is 7. The van der Waals surface area contributed by atoms with Gasteiger partial charge in [-0.05, 0) is 6.08 Å². The Morgan fingerprint density at radius 1 is 1.43 bits per heavy atom. The van der Waals surface area contributed by atoms with Crippen LogP contribution < -0.4 is 11.1 Å². The molecule has 0 spiro atoms. The molecule has 7 N–H and O–H groups in total. The van der Waals surface area contributed by atoms with E-state index in [1.165, 1.54) is 12.3 Å². The lowest BCUT2D eigenvalue weighted by Gasteiger charge is -2.31. The van der Waals surface area contributed by atoms with Crippen LogP contribution in [0, 0.1) is 0 Å². The Balaban J connectivity index is 2.04. The van der Waals surface area contributed by atoms with Crippen LogP contribution in [0.2, 0.25) is 0 Å². The van der Waals surface area contributed by atoms with E-state index in [9.17, 15) is 19.6 Å². The molecule has 21 heavy (non-hydrogen) atoms. The Morgan fingerprint density at radius 2 is 2.10 bits per heavy atom. The number of carbonyl (C=O) groups is 1. The summed E-state index contributed by atoms with van der Waals surface area (Å²) in [5.74, 6) is 0.